The molecule has 0 aliphatic rings. The van der Waals surface area contributed by atoms with Crippen molar-refractivity contribution < 1.29 is 17.6 Å². The number of hydrogen-bond acceptors (Lipinski definition) is 1. The highest BCUT2D eigenvalue weighted by molar-refractivity contribution is 7.87. The van der Waals surface area contributed by atoms with E-state index in [0.717, 1.165) is 0 Å². The Morgan fingerprint density at radius 3 is 1.11 bits per heavy atom. The summed E-state index contributed by atoms with van der Waals surface area (Å²) in [6.45, 7) is 16.6. The summed E-state index contributed by atoms with van der Waals surface area (Å²) in [4.78, 5) is 0. The Labute approximate surface area is 119 Å². The van der Waals surface area contributed by atoms with Crippen LogP contribution < -0.4 is 0 Å². The Morgan fingerprint density at radius 1 is 0.684 bits per heavy atom. The van der Waals surface area contributed by atoms with E-state index in [0.29, 0.717) is 0 Å². The second-order valence-corrected chi connectivity index (χ2v) is 47.8. The van der Waals surface area contributed by atoms with Gasteiger partial charge in [0.25, 0.3) is 0 Å². The van der Waals surface area contributed by atoms with E-state index in [4.69, 9.17) is 4.43 Å². The lowest BCUT2D eigenvalue weighted by Gasteiger charge is -2.56. The van der Waals surface area contributed by atoms with Crippen molar-refractivity contribution in [3.8, 4) is 0 Å². The Bertz CT molecular complexity index is 274. The van der Waals surface area contributed by atoms with Gasteiger partial charge in [-0.2, -0.15) is 13.2 Å². The predicted octanol–water partition coefficient (Wildman–Crippen LogP) is 4.76. The van der Waals surface area contributed by atoms with Gasteiger partial charge in [0.15, 0.2) is 6.87 Å². The molecule has 0 saturated heterocycles. The van der Waals surface area contributed by atoms with Crippen molar-refractivity contribution in [2.75, 3.05) is 6.61 Å². The van der Waals surface area contributed by atoms with Gasteiger partial charge in [-0.1, -0.05) is 58.9 Å². The highest BCUT2D eigenvalue weighted by Gasteiger charge is 2.64. The molecule has 0 radical (unpaired) electrons. The van der Waals surface area contributed by atoms with Gasteiger partial charge in [-0.15, -0.1) is 0 Å². The zero-order valence-electron chi connectivity index (χ0n) is 13.7. The van der Waals surface area contributed by atoms with Crippen LogP contribution in [0.2, 0.25) is 58.9 Å². The lowest BCUT2D eigenvalue weighted by atomic mass is 10.7. The molecule has 0 atom stereocenters. The van der Waals surface area contributed by atoms with E-state index >= 15 is 0 Å². The van der Waals surface area contributed by atoms with E-state index in [9.17, 15) is 13.2 Å². The Balaban J connectivity index is 5.83. The third-order valence-electron chi connectivity index (χ3n) is 3.62. The molecule has 0 aliphatic heterocycles. The summed E-state index contributed by atoms with van der Waals surface area (Å²) in [5, 5.41) is 0. The van der Waals surface area contributed by atoms with E-state index in [2.05, 4.69) is 58.9 Å². The van der Waals surface area contributed by atoms with Crippen molar-refractivity contribution >= 4 is 29.6 Å². The van der Waals surface area contributed by atoms with Crippen LogP contribution in [0.4, 0.5) is 13.2 Å². The van der Waals surface area contributed by atoms with Crippen LogP contribution in [0.3, 0.4) is 0 Å². The van der Waals surface area contributed by atoms with Crippen LogP contribution in [-0.4, -0.2) is 42.4 Å². The van der Waals surface area contributed by atoms with Crippen LogP contribution in [0.1, 0.15) is 0 Å². The molecule has 0 saturated carbocycles. The minimum Gasteiger partial charge on any atom is -0.417 e. The average Bonchev–Trinajstić information content (AvgIpc) is 1.92. The molecule has 116 valence electrons. The molecule has 19 heavy (non-hydrogen) atoms. The first-order valence-corrected chi connectivity index (χ1v) is 22.1. The van der Waals surface area contributed by atoms with Gasteiger partial charge in [-0.25, -0.2) is 0 Å². The number of rotatable bonds is 5. The Morgan fingerprint density at radius 2 is 0.947 bits per heavy atom. The topological polar surface area (TPSA) is 9.23 Å². The van der Waals surface area contributed by atoms with Gasteiger partial charge in [0, 0.05) is 0 Å². The first-order chi connectivity index (χ1) is 7.96. The monoisotopic (exact) mass is 346 g/mol. The molecule has 0 aromatic heterocycles. The molecule has 0 unspecified atom stereocenters. The molecule has 0 aliphatic carbocycles. The number of alkyl halides is 3. The molecular formula is C11H29F3OSi4. The fourth-order valence-electron chi connectivity index (χ4n) is 4.21. The van der Waals surface area contributed by atoms with Crippen molar-refractivity contribution in [1.82, 2.24) is 0 Å². The standard InChI is InChI=1S/C11H29F3OSi4/c1-16(2,3)19(17(4,5)6,18(7,8)9)15-10-11(12,13)14/h10H2,1-9H3. The van der Waals surface area contributed by atoms with Crippen LogP contribution in [0.5, 0.6) is 0 Å². The SMILES string of the molecule is C[Si](C)(C)[Si](OCC(F)(F)F)([Si](C)(C)C)[Si](C)(C)C. The maximum atomic E-state index is 12.7. The second-order valence-electron chi connectivity index (χ2n) is 8.34. The van der Waals surface area contributed by atoms with Crippen molar-refractivity contribution in [3.05, 3.63) is 0 Å². The summed E-state index contributed by atoms with van der Waals surface area (Å²) in [6.07, 6.45) is -4.21. The van der Waals surface area contributed by atoms with E-state index in [1.54, 1.807) is 0 Å². The molecule has 0 heterocycles. The van der Waals surface area contributed by atoms with Gasteiger partial charge in [-0.05, 0) is 0 Å². The Kier molecular flexibility index (Phi) is 5.61. The molecule has 1 nitrogen and oxygen atoms in total. The van der Waals surface area contributed by atoms with Gasteiger partial charge in [0.1, 0.15) is 6.61 Å². The highest BCUT2D eigenvalue weighted by Crippen LogP contribution is 2.38. The van der Waals surface area contributed by atoms with Crippen LogP contribution in [0, 0.1) is 0 Å². The molecule has 0 aromatic carbocycles. The van der Waals surface area contributed by atoms with Gasteiger partial charge in [0.05, 0.1) is 22.8 Å². The first-order valence-electron chi connectivity index (χ1n) is 6.66. The minimum absolute atomic E-state index is 1.04. The molecular weight excluding hydrogens is 317 g/mol. The third kappa shape index (κ3) is 4.29. The maximum Gasteiger partial charge on any atom is 0.410 e. The largest absolute Gasteiger partial charge is 0.417 e. The summed E-state index contributed by atoms with van der Waals surface area (Å²) in [7, 11) is -5.30. The maximum absolute atomic E-state index is 12.7. The molecule has 0 spiro atoms. The van der Waals surface area contributed by atoms with Crippen molar-refractivity contribution in [1.29, 1.82) is 0 Å². The average molecular weight is 347 g/mol. The molecule has 0 rings (SSSR count). The second kappa shape index (κ2) is 5.43. The van der Waals surface area contributed by atoms with Crippen molar-refractivity contribution in [2.45, 2.75) is 65.1 Å². The van der Waals surface area contributed by atoms with E-state index in [1.165, 1.54) is 0 Å². The van der Waals surface area contributed by atoms with E-state index in [-0.39, 0.29) is 0 Å². The Hall–Kier alpha value is 0.618. The quantitative estimate of drug-likeness (QED) is 0.652. The van der Waals surface area contributed by atoms with Crippen molar-refractivity contribution in [3.63, 3.8) is 0 Å². The number of hydrogen-bond donors (Lipinski definition) is 0. The molecule has 8 heteroatoms. The fourth-order valence-corrected chi connectivity index (χ4v) is 98.2. The smallest absolute Gasteiger partial charge is 0.410 e. The lowest BCUT2D eigenvalue weighted by Crippen LogP contribution is -2.84. The van der Waals surface area contributed by atoms with Gasteiger partial charge >= 0.3 is 6.18 Å². The van der Waals surface area contributed by atoms with Crippen molar-refractivity contribution in [2.24, 2.45) is 0 Å². The molecule has 0 amide bonds. The minimum atomic E-state index is -4.21. The summed E-state index contributed by atoms with van der Waals surface area (Å²) >= 11 is 0. The normalized spacial score (nSPS) is 15.8. The van der Waals surface area contributed by atoms with E-state index in [1.807, 2.05) is 0 Å². The predicted molar refractivity (Wildman–Crippen MR) is 87.8 cm³/mol. The highest BCUT2D eigenvalue weighted by atomic mass is 29.9. The molecule has 0 fully saturated rings. The molecule has 0 aromatic rings. The summed E-state index contributed by atoms with van der Waals surface area (Å²) < 4.78 is 44.0. The third-order valence-corrected chi connectivity index (χ3v) is 71.3. The van der Waals surface area contributed by atoms with Crippen LogP contribution in [0.25, 0.3) is 0 Å². The number of halogens is 3. The van der Waals surface area contributed by atoms with Crippen LogP contribution in [-0.2, 0) is 4.43 Å². The zero-order valence-corrected chi connectivity index (χ0v) is 17.7. The zero-order chi connectivity index (χ0) is 15.9. The summed E-state index contributed by atoms with van der Waals surface area (Å²) in [6, 6.07) is 0. The summed E-state index contributed by atoms with van der Waals surface area (Å²) in [5.41, 5.74) is 0. The molecule has 0 bridgehead atoms. The first kappa shape index (κ1) is 19.6. The van der Waals surface area contributed by atoms with Crippen LogP contribution in [0.15, 0.2) is 0 Å². The summed E-state index contributed by atoms with van der Waals surface area (Å²) in [5.74, 6) is 0. The van der Waals surface area contributed by atoms with E-state index < -0.39 is 42.4 Å². The fraction of sp³-hybridized carbons (Fsp3) is 1.00. The van der Waals surface area contributed by atoms with Crippen LogP contribution >= 0.6 is 0 Å². The van der Waals surface area contributed by atoms with Gasteiger partial charge in [0.2, 0.25) is 0 Å². The van der Waals surface area contributed by atoms with Gasteiger partial charge < -0.3 is 4.43 Å². The molecule has 0 N–H and O–H groups in total. The van der Waals surface area contributed by atoms with Gasteiger partial charge in [-0.3, -0.25) is 0 Å². The lowest BCUT2D eigenvalue weighted by molar-refractivity contribution is -0.154.